The van der Waals surface area contributed by atoms with E-state index in [0.717, 1.165) is 6.07 Å². The molecule has 20 heavy (non-hydrogen) atoms. The van der Waals surface area contributed by atoms with Crippen LogP contribution in [0.1, 0.15) is 15.9 Å². The Morgan fingerprint density at radius 1 is 1.20 bits per heavy atom. The summed E-state index contributed by atoms with van der Waals surface area (Å²) in [4.78, 5) is 14.2. The second-order valence-corrected chi connectivity index (χ2v) is 4.32. The van der Waals surface area contributed by atoms with E-state index in [-0.39, 0.29) is 21.8 Å². The van der Waals surface area contributed by atoms with E-state index in [1.807, 2.05) is 0 Å². The van der Waals surface area contributed by atoms with Crippen molar-refractivity contribution in [1.29, 1.82) is 0 Å². The molecule has 0 fully saturated rings. The molecule has 0 aliphatic rings. The lowest BCUT2D eigenvalue weighted by Crippen LogP contribution is -2.06. The fraction of sp³-hybridized carbons (Fsp3) is 0.0769. The first-order valence-electron chi connectivity index (χ1n) is 5.31. The van der Waals surface area contributed by atoms with E-state index < -0.39 is 17.6 Å². The first-order chi connectivity index (χ1) is 9.32. The van der Waals surface area contributed by atoms with E-state index in [4.69, 9.17) is 11.6 Å². The van der Waals surface area contributed by atoms with Gasteiger partial charge in [0.15, 0.2) is 0 Å². The van der Waals surface area contributed by atoms with Crippen LogP contribution in [0.5, 0.6) is 0 Å². The van der Waals surface area contributed by atoms with E-state index >= 15 is 0 Å². The predicted molar refractivity (Wildman–Crippen MR) is 65.0 cm³/mol. The summed E-state index contributed by atoms with van der Waals surface area (Å²) in [6, 6.07) is 4.10. The number of alkyl halides is 3. The Labute approximate surface area is 116 Å². The normalized spacial score (nSPS) is 11.4. The monoisotopic (exact) mass is 303 g/mol. The molecule has 2 nitrogen and oxygen atoms in total. The number of aromatic nitrogens is 1. The van der Waals surface area contributed by atoms with Gasteiger partial charge < -0.3 is 0 Å². The van der Waals surface area contributed by atoms with Crippen molar-refractivity contribution in [3.63, 3.8) is 0 Å². The van der Waals surface area contributed by atoms with Crippen LogP contribution in [0.25, 0.3) is 11.3 Å². The molecule has 0 spiro atoms. The Bertz CT molecular complexity index is 670. The van der Waals surface area contributed by atoms with Crippen molar-refractivity contribution in [3.8, 4) is 11.3 Å². The van der Waals surface area contributed by atoms with Gasteiger partial charge in [0, 0.05) is 17.3 Å². The lowest BCUT2D eigenvalue weighted by molar-refractivity contribution is -0.137. The number of benzene rings is 1. The fourth-order valence-electron chi connectivity index (χ4n) is 1.59. The van der Waals surface area contributed by atoms with Gasteiger partial charge in [-0.15, -0.1) is 0 Å². The van der Waals surface area contributed by atoms with E-state index in [1.165, 1.54) is 12.1 Å². The number of hydrogen-bond acceptors (Lipinski definition) is 2. The maximum Gasteiger partial charge on any atom is 0.417 e. The average molecular weight is 304 g/mol. The van der Waals surface area contributed by atoms with Crippen molar-refractivity contribution in [2.75, 3.05) is 0 Å². The Morgan fingerprint density at radius 3 is 2.45 bits per heavy atom. The average Bonchev–Trinajstić information content (AvgIpc) is 2.38. The maximum absolute atomic E-state index is 13.7. The summed E-state index contributed by atoms with van der Waals surface area (Å²) in [5, 5.41) is -0.346. The number of carbonyl (C=O) groups is 1. The molecule has 0 saturated heterocycles. The smallest absolute Gasteiger partial charge is 0.298 e. The van der Waals surface area contributed by atoms with Gasteiger partial charge in [0.25, 0.3) is 0 Å². The Balaban J connectivity index is 2.57. The highest BCUT2D eigenvalue weighted by Gasteiger charge is 2.31. The lowest BCUT2D eigenvalue weighted by atomic mass is 10.1. The predicted octanol–water partition coefficient (Wildman–Crippen LogP) is 4.37. The molecule has 0 aliphatic heterocycles. The van der Waals surface area contributed by atoms with E-state index in [0.29, 0.717) is 18.5 Å². The maximum atomic E-state index is 13.7. The molecule has 1 aromatic heterocycles. The second-order valence-electron chi connectivity index (χ2n) is 3.91. The number of aldehydes is 1. The van der Waals surface area contributed by atoms with Crippen LogP contribution in [-0.2, 0) is 6.18 Å². The molecule has 104 valence electrons. The summed E-state index contributed by atoms with van der Waals surface area (Å²) < 4.78 is 51.1. The van der Waals surface area contributed by atoms with Crippen molar-refractivity contribution in [3.05, 3.63) is 52.4 Å². The van der Waals surface area contributed by atoms with Crippen LogP contribution < -0.4 is 0 Å². The van der Waals surface area contributed by atoms with Crippen LogP contribution in [0.2, 0.25) is 5.02 Å². The van der Waals surface area contributed by atoms with Gasteiger partial charge in [-0.1, -0.05) is 11.6 Å². The quantitative estimate of drug-likeness (QED) is 0.609. The molecular weight excluding hydrogens is 298 g/mol. The molecule has 0 radical (unpaired) electrons. The number of rotatable bonds is 2. The molecule has 0 saturated carbocycles. The Kier molecular flexibility index (Phi) is 3.76. The molecule has 0 N–H and O–H groups in total. The van der Waals surface area contributed by atoms with Crippen molar-refractivity contribution >= 4 is 17.9 Å². The van der Waals surface area contributed by atoms with Crippen molar-refractivity contribution in [2.24, 2.45) is 0 Å². The molecule has 0 bridgehead atoms. The number of pyridine rings is 1. The zero-order valence-corrected chi connectivity index (χ0v) is 10.5. The highest BCUT2D eigenvalue weighted by Crippen LogP contribution is 2.34. The van der Waals surface area contributed by atoms with Crippen molar-refractivity contribution in [2.45, 2.75) is 6.18 Å². The molecule has 1 aromatic carbocycles. The third-order valence-corrected chi connectivity index (χ3v) is 2.84. The third-order valence-electron chi connectivity index (χ3n) is 2.55. The summed E-state index contributed by atoms with van der Waals surface area (Å²) in [5.74, 6) is -0.732. The van der Waals surface area contributed by atoms with Gasteiger partial charge in [0.05, 0.1) is 16.3 Å². The van der Waals surface area contributed by atoms with Crippen LogP contribution in [0.3, 0.4) is 0 Å². The van der Waals surface area contributed by atoms with Crippen LogP contribution in [-0.4, -0.2) is 11.3 Å². The van der Waals surface area contributed by atoms with Gasteiger partial charge in [0.2, 0.25) is 0 Å². The van der Waals surface area contributed by atoms with Crippen LogP contribution in [0, 0.1) is 5.82 Å². The summed E-state index contributed by atoms with van der Waals surface area (Å²) in [6.45, 7) is 0. The van der Waals surface area contributed by atoms with E-state index in [2.05, 4.69) is 4.98 Å². The van der Waals surface area contributed by atoms with Gasteiger partial charge in [-0.2, -0.15) is 13.2 Å². The van der Waals surface area contributed by atoms with E-state index in [9.17, 15) is 22.4 Å². The first-order valence-corrected chi connectivity index (χ1v) is 5.68. The highest BCUT2D eigenvalue weighted by molar-refractivity contribution is 6.33. The molecule has 0 atom stereocenters. The molecule has 0 aliphatic carbocycles. The number of hydrogen-bond donors (Lipinski definition) is 0. The van der Waals surface area contributed by atoms with Gasteiger partial charge in [0.1, 0.15) is 12.1 Å². The molecule has 2 rings (SSSR count). The minimum absolute atomic E-state index is 0.131. The molecule has 0 unspecified atom stereocenters. The zero-order chi connectivity index (χ0) is 14.9. The lowest BCUT2D eigenvalue weighted by Gasteiger charge is -2.10. The minimum Gasteiger partial charge on any atom is -0.298 e. The van der Waals surface area contributed by atoms with Gasteiger partial charge in [-0.05, 0) is 24.3 Å². The molecule has 1 heterocycles. The highest BCUT2D eigenvalue weighted by atomic mass is 35.5. The molecular formula is C13H6ClF4NO. The summed E-state index contributed by atoms with van der Waals surface area (Å²) in [5.41, 5.74) is -1.15. The Morgan fingerprint density at radius 2 is 1.90 bits per heavy atom. The molecule has 7 heteroatoms. The number of nitrogens with zero attached hydrogens (tertiary/aromatic N) is 1. The number of halogens is 5. The first kappa shape index (κ1) is 14.5. The topological polar surface area (TPSA) is 30.0 Å². The molecule has 2 aromatic rings. The summed E-state index contributed by atoms with van der Waals surface area (Å²) in [6.07, 6.45) is -3.53. The SMILES string of the molecule is O=Cc1ccc(F)c(-c2ncc(C(F)(F)F)cc2Cl)c1. The zero-order valence-electron chi connectivity index (χ0n) is 9.71. The fourth-order valence-corrected chi connectivity index (χ4v) is 1.86. The summed E-state index contributed by atoms with van der Waals surface area (Å²) in [7, 11) is 0. The standard InChI is InChI=1S/C13H6ClF4NO/c14-10-4-8(13(16,17)18)5-19-12(10)9-3-7(6-20)1-2-11(9)15/h1-6H. The van der Waals surface area contributed by atoms with Crippen molar-refractivity contribution in [1.82, 2.24) is 4.98 Å². The minimum atomic E-state index is -4.58. The van der Waals surface area contributed by atoms with Crippen LogP contribution in [0.4, 0.5) is 17.6 Å². The Hall–Kier alpha value is -1.95. The van der Waals surface area contributed by atoms with Crippen molar-refractivity contribution < 1.29 is 22.4 Å². The van der Waals surface area contributed by atoms with Gasteiger partial charge >= 0.3 is 6.18 Å². The van der Waals surface area contributed by atoms with Gasteiger partial charge in [-0.3, -0.25) is 9.78 Å². The van der Waals surface area contributed by atoms with Gasteiger partial charge in [-0.25, -0.2) is 4.39 Å². The third kappa shape index (κ3) is 2.80. The second kappa shape index (κ2) is 5.20. The van der Waals surface area contributed by atoms with Crippen LogP contribution in [0.15, 0.2) is 30.5 Å². The largest absolute Gasteiger partial charge is 0.417 e. The number of carbonyl (C=O) groups excluding carboxylic acids is 1. The summed E-state index contributed by atoms with van der Waals surface area (Å²) >= 11 is 5.72. The molecule has 0 amide bonds. The van der Waals surface area contributed by atoms with E-state index in [1.54, 1.807) is 0 Å². The van der Waals surface area contributed by atoms with Crippen LogP contribution >= 0.6 is 11.6 Å².